The lowest BCUT2D eigenvalue weighted by molar-refractivity contribution is 0.242. The van der Waals surface area contributed by atoms with Gasteiger partial charge in [0.1, 0.15) is 12.4 Å². The van der Waals surface area contributed by atoms with Gasteiger partial charge in [0.05, 0.1) is 11.6 Å². The number of rotatable bonds is 8. The third-order valence-corrected chi connectivity index (χ3v) is 4.50. The number of aryl methyl sites for hydroxylation is 1. The number of benzene rings is 2. The van der Waals surface area contributed by atoms with Crippen LogP contribution in [0.1, 0.15) is 39.2 Å². The van der Waals surface area contributed by atoms with E-state index in [1.165, 1.54) is 0 Å². The van der Waals surface area contributed by atoms with E-state index in [1.807, 2.05) is 62.4 Å². The van der Waals surface area contributed by atoms with Crippen molar-refractivity contribution in [3.05, 3.63) is 64.4 Å². The van der Waals surface area contributed by atoms with Crippen molar-refractivity contribution >= 4 is 10.9 Å². The highest BCUT2D eigenvalue weighted by atomic mass is 16.5. The second-order valence-corrected chi connectivity index (χ2v) is 7.11. The Balaban J connectivity index is 2.09. The van der Waals surface area contributed by atoms with Gasteiger partial charge in [0, 0.05) is 18.0 Å². The molecule has 0 saturated heterocycles. The number of pyridine rings is 1. The number of hydrogen-bond acceptors (Lipinski definition) is 4. The number of unbranched alkanes of at least 4 members (excludes halogenated alkanes) is 1. The lowest BCUT2D eigenvalue weighted by Crippen LogP contribution is -2.21. The van der Waals surface area contributed by atoms with Crippen molar-refractivity contribution < 1.29 is 14.6 Å². The van der Waals surface area contributed by atoms with Gasteiger partial charge < -0.3 is 19.1 Å². The summed E-state index contributed by atoms with van der Waals surface area (Å²) in [5.74, 6) is 0.552. The van der Waals surface area contributed by atoms with E-state index < -0.39 is 5.56 Å². The molecular weight excluding hydrogens is 354 g/mol. The molecule has 0 saturated carbocycles. The van der Waals surface area contributed by atoms with E-state index >= 15 is 0 Å². The van der Waals surface area contributed by atoms with Crippen LogP contribution in [0.5, 0.6) is 17.2 Å². The van der Waals surface area contributed by atoms with E-state index in [0.29, 0.717) is 23.2 Å². The number of hydrogen-bond donors (Lipinski definition) is 1. The Labute approximate surface area is 165 Å². The Bertz CT molecular complexity index is 993. The van der Waals surface area contributed by atoms with Crippen LogP contribution >= 0.6 is 0 Å². The van der Waals surface area contributed by atoms with Gasteiger partial charge in [0.25, 0.3) is 5.56 Å². The largest absolute Gasteiger partial charge is 0.500 e. The first-order valence-electron chi connectivity index (χ1n) is 9.74. The maximum atomic E-state index is 12.8. The van der Waals surface area contributed by atoms with Crippen LogP contribution < -0.4 is 15.0 Å². The summed E-state index contributed by atoms with van der Waals surface area (Å²) in [5.41, 5.74) is 1.23. The maximum Gasteiger partial charge on any atom is 0.297 e. The van der Waals surface area contributed by atoms with Gasteiger partial charge in [-0.1, -0.05) is 43.7 Å². The van der Waals surface area contributed by atoms with Crippen molar-refractivity contribution in [2.45, 2.75) is 52.9 Å². The third-order valence-electron chi connectivity index (χ3n) is 4.50. The van der Waals surface area contributed by atoms with Gasteiger partial charge >= 0.3 is 0 Å². The summed E-state index contributed by atoms with van der Waals surface area (Å²) in [5, 5.41) is 11.3. The predicted molar refractivity (Wildman–Crippen MR) is 111 cm³/mol. The first-order valence-corrected chi connectivity index (χ1v) is 9.74. The van der Waals surface area contributed by atoms with Crippen molar-refractivity contribution in [1.29, 1.82) is 0 Å². The van der Waals surface area contributed by atoms with E-state index in [-0.39, 0.29) is 24.2 Å². The summed E-state index contributed by atoms with van der Waals surface area (Å²) in [6.45, 7) is 6.78. The van der Waals surface area contributed by atoms with Gasteiger partial charge in [0.2, 0.25) is 5.75 Å². The summed E-state index contributed by atoms with van der Waals surface area (Å²) < 4.78 is 13.3. The highest BCUT2D eigenvalue weighted by Gasteiger charge is 2.18. The molecule has 5 heteroatoms. The molecule has 1 heterocycles. The molecule has 0 spiro atoms. The third kappa shape index (κ3) is 4.30. The Morgan fingerprint density at radius 2 is 1.86 bits per heavy atom. The Hall–Kier alpha value is -2.95. The number of ether oxygens (including phenoxy) is 2. The van der Waals surface area contributed by atoms with Crippen LogP contribution in [0.3, 0.4) is 0 Å². The highest BCUT2D eigenvalue weighted by molar-refractivity contribution is 5.88. The number of nitrogens with zero attached hydrogens (tertiary/aromatic N) is 1. The average molecular weight is 381 g/mol. The summed E-state index contributed by atoms with van der Waals surface area (Å²) in [6, 6.07) is 15.2. The summed E-state index contributed by atoms with van der Waals surface area (Å²) in [4.78, 5) is 12.8. The summed E-state index contributed by atoms with van der Waals surface area (Å²) in [6.07, 6.45) is 1.82. The zero-order valence-corrected chi connectivity index (χ0v) is 16.6. The van der Waals surface area contributed by atoms with Crippen LogP contribution in [-0.4, -0.2) is 15.8 Å². The first-order chi connectivity index (χ1) is 13.5. The normalized spacial score (nSPS) is 11.1. The van der Waals surface area contributed by atoms with E-state index in [2.05, 4.69) is 6.92 Å². The van der Waals surface area contributed by atoms with Gasteiger partial charge in [-0.15, -0.1) is 0 Å². The fourth-order valence-corrected chi connectivity index (χ4v) is 3.15. The maximum absolute atomic E-state index is 12.8. The Morgan fingerprint density at radius 3 is 2.54 bits per heavy atom. The van der Waals surface area contributed by atoms with E-state index in [0.717, 1.165) is 18.4 Å². The summed E-state index contributed by atoms with van der Waals surface area (Å²) in [7, 11) is 0. The molecule has 1 aromatic heterocycles. The SMILES string of the molecule is CCCCn1c(=O)c(O)c(OCc2ccccc2)c2ccc(OC(C)C)cc21. The lowest BCUT2D eigenvalue weighted by atomic mass is 10.1. The molecule has 148 valence electrons. The smallest absolute Gasteiger partial charge is 0.297 e. The monoisotopic (exact) mass is 381 g/mol. The van der Waals surface area contributed by atoms with E-state index in [4.69, 9.17) is 9.47 Å². The van der Waals surface area contributed by atoms with Gasteiger partial charge in [-0.05, 0) is 38.0 Å². The standard InChI is InChI=1S/C23H27NO4/c1-4-5-13-24-20-14-18(28-16(2)3)11-12-19(20)22(21(25)23(24)26)27-15-17-9-7-6-8-10-17/h6-12,14,16,25H,4-5,13,15H2,1-3H3. The van der Waals surface area contributed by atoms with E-state index in [1.54, 1.807) is 4.57 Å². The fraction of sp³-hybridized carbons (Fsp3) is 0.348. The van der Waals surface area contributed by atoms with Crippen LogP contribution in [0.4, 0.5) is 0 Å². The molecule has 1 N–H and O–H groups in total. The van der Waals surface area contributed by atoms with Gasteiger partial charge in [-0.25, -0.2) is 0 Å². The molecule has 28 heavy (non-hydrogen) atoms. The zero-order chi connectivity index (χ0) is 20.1. The van der Waals surface area contributed by atoms with Crippen LogP contribution in [0.25, 0.3) is 10.9 Å². The van der Waals surface area contributed by atoms with Gasteiger partial charge in [0.15, 0.2) is 5.75 Å². The minimum atomic E-state index is -0.439. The molecule has 0 unspecified atom stereocenters. The molecule has 0 atom stereocenters. The molecule has 0 aliphatic carbocycles. The van der Waals surface area contributed by atoms with Crippen LogP contribution in [0.15, 0.2) is 53.3 Å². The van der Waals surface area contributed by atoms with Crippen LogP contribution in [0, 0.1) is 0 Å². The molecular formula is C23H27NO4. The molecule has 5 nitrogen and oxygen atoms in total. The molecule has 0 radical (unpaired) electrons. The number of fused-ring (bicyclic) bond motifs is 1. The second-order valence-electron chi connectivity index (χ2n) is 7.11. The van der Waals surface area contributed by atoms with Crippen molar-refractivity contribution in [1.82, 2.24) is 4.57 Å². The molecule has 0 bridgehead atoms. The molecule has 2 aromatic carbocycles. The van der Waals surface area contributed by atoms with Crippen molar-refractivity contribution in [2.75, 3.05) is 0 Å². The minimum absolute atomic E-state index is 0.0270. The Kier molecular flexibility index (Phi) is 6.24. The van der Waals surface area contributed by atoms with Gasteiger partial charge in [-0.2, -0.15) is 0 Å². The average Bonchev–Trinajstić information content (AvgIpc) is 2.68. The Morgan fingerprint density at radius 1 is 1.11 bits per heavy atom. The van der Waals surface area contributed by atoms with Crippen LogP contribution in [0.2, 0.25) is 0 Å². The minimum Gasteiger partial charge on any atom is -0.500 e. The number of aromatic hydroxyl groups is 1. The molecule has 0 aliphatic heterocycles. The lowest BCUT2D eigenvalue weighted by Gasteiger charge is -2.17. The number of aromatic nitrogens is 1. The first kappa shape index (κ1) is 19.8. The van der Waals surface area contributed by atoms with E-state index in [9.17, 15) is 9.90 Å². The fourth-order valence-electron chi connectivity index (χ4n) is 3.15. The molecule has 3 rings (SSSR count). The van der Waals surface area contributed by atoms with Crippen LogP contribution in [-0.2, 0) is 13.2 Å². The zero-order valence-electron chi connectivity index (χ0n) is 16.6. The quantitative estimate of drug-likeness (QED) is 0.604. The highest BCUT2D eigenvalue weighted by Crippen LogP contribution is 2.34. The molecule has 0 amide bonds. The molecule has 3 aromatic rings. The van der Waals surface area contributed by atoms with Crippen molar-refractivity contribution in [3.8, 4) is 17.2 Å². The van der Waals surface area contributed by atoms with Crippen molar-refractivity contribution in [3.63, 3.8) is 0 Å². The van der Waals surface area contributed by atoms with Gasteiger partial charge in [-0.3, -0.25) is 4.79 Å². The summed E-state index contributed by atoms with van der Waals surface area (Å²) >= 11 is 0. The molecule has 0 aliphatic rings. The predicted octanol–water partition coefficient (Wildman–Crippen LogP) is 4.87. The molecule has 0 fully saturated rings. The topological polar surface area (TPSA) is 60.7 Å². The second kappa shape index (κ2) is 8.83. The van der Waals surface area contributed by atoms with Crippen molar-refractivity contribution in [2.24, 2.45) is 0 Å².